The van der Waals surface area contributed by atoms with Gasteiger partial charge in [0.2, 0.25) is 0 Å². The van der Waals surface area contributed by atoms with Crippen molar-refractivity contribution in [2.45, 2.75) is 19.9 Å². The van der Waals surface area contributed by atoms with Crippen LogP contribution in [0.5, 0.6) is 0 Å². The van der Waals surface area contributed by atoms with Gasteiger partial charge in [0.15, 0.2) is 5.76 Å². The summed E-state index contributed by atoms with van der Waals surface area (Å²) in [5, 5.41) is 3.64. The highest BCUT2D eigenvalue weighted by Crippen LogP contribution is 2.27. The van der Waals surface area contributed by atoms with Crippen LogP contribution in [0.2, 0.25) is 5.02 Å². The first-order valence-corrected chi connectivity index (χ1v) is 7.85. The van der Waals surface area contributed by atoms with Crippen LogP contribution in [-0.4, -0.2) is 30.4 Å². The van der Waals surface area contributed by atoms with Crippen molar-refractivity contribution in [3.63, 3.8) is 0 Å². The SMILES string of the molecule is CCN(CC)[C@H](CNC(=O)c1ccco1)c1ccccc1Cl. The normalized spacial score (nSPS) is 12.4. The van der Waals surface area contributed by atoms with E-state index in [2.05, 4.69) is 24.1 Å². The Kier molecular flexibility index (Phi) is 6.04. The van der Waals surface area contributed by atoms with Crippen molar-refractivity contribution in [2.75, 3.05) is 19.6 Å². The van der Waals surface area contributed by atoms with Gasteiger partial charge in [0.1, 0.15) is 0 Å². The molecule has 0 bridgehead atoms. The van der Waals surface area contributed by atoms with Gasteiger partial charge in [-0.05, 0) is 36.9 Å². The number of nitrogens with one attached hydrogen (secondary N) is 1. The van der Waals surface area contributed by atoms with Crippen LogP contribution in [-0.2, 0) is 0 Å². The summed E-state index contributed by atoms with van der Waals surface area (Å²) >= 11 is 6.33. The summed E-state index contributed by atoms with van der Waals surface area (Å²) in [5.74, 6) is 0.103. The minimum Gasteiger partial charge on any atom is -0.459 e. The predicted octanol–water partition coefficient (Wildman–Crippen LogP) is 3.75. The van der Waals surface area contributed by atoms with Gasteiger partial charge < -0.3 is 9.73 Å². The highest BCUT2D eigenvalue weighted by molar-refractivity contribution is 6.31. The third-order valence-electron chi connectivity index (χ3n) is 3.72. The summed E-state index contributed by atoms with van der Waals surface area (Å²) in [7, 11) is 0. The number of rotatable bonds is 7. The molecule has 1 atom stereocenters. The first-order valence-electron chi connectivity index (χ1n) is 7.47. The lowest BCUT2D eigenvalue weighted by molar-refractivity contribution is 0.0907. The second-order valence-electron chi connectivity index (χ2n) is 4.95. The first kappa shape index (κ1) is 16.6. The Labute approximate surface area is 136 Å². The van der Waals surface area contributed by atoms with Gasteiger partial charge in [-0.3, -0.25) is 9.69 Å². The molecule has 1 N–H and O–H groups in total. The number of furan rings is 1. The monoisotopic (exact) mass is 320 g/mol. The number of carbonyl (C=O) groups is 1. The van der Waals surface area contributed by atoms with Crippen LogP contribution >= 0.6 is 11.6 Å². The van der Waals surface area contributed by atoms with Crippen LogP contribution in [0.15, 0.2) is 47.1 Å². The molecule has 118 valence electrons. The molecule has 1 aromatic carbocycles. The Morgan fingerprint density at radius 3 is 2.55 bits per heavy atom. The maximum atomic E-state index is 12.1. The van der Waals surface area contributed by atoms with Crippen molar-refractivity contribution >= 4 is 17.5 Å². The van der Waals surface area contributed by atoms with Gasteiger partial charge in [-0.2, -0.15) is 0 Å². The van der Waals surface area contributed by atoms with E-state index in [4.69, 9.17) is 16.0 Å². The molecule has 0 saturated carbocycles. The zero-order chi connectivity index (χ0) is 15.9. The molecule has 0 spiro atoms. The molecule has 2 aromatic rings. The molecule has 0 unspecified atom stereocenters. The number of likely N-dealkylation sites (N-methyl/N-ethyl adjacent to an activating group) is 1. The molecule has 4 nitrogen and oxygen atoms in total. The lowest BCUT2D eigenvalue weighted by Crippen LogP contribution is -2.38. The zero-order valence-electron chi connectivity index (χ0n) is 12.9. The van der Waals surface area contributed by atoms with E-state index >= 15 is 0 Å². The van der Waals surface area contributed by atoms with E-state index in [0.29, 0.717) is 17.3 Å². The maximum Gasteiger partial charge on any atom is 0.287 e. The van der Waals surface area contributed by atoms with Crippen LogP contribution in [0.25, 0.3) is 0 Å². The smallest absolute Gasteiger partial charge is 0.287 e. The quantitative estimate of drug-likeness (QED) is 0.845. The van der Waals surface area contributed by atoms with Gasteiger partial charge in [-0.15, -0.1) is 0 Å². The zero-order valence-corrected chi connectivity index (χ0v) is 13.6. The second kappa shape index (κ2) is 8.01. The molecule has 2 rings (SSSR count). The van der Waals surface area contributed by atoms with Crippen LogP contribution in [0.4, 0.5) is 0 Å². The molecular weight excluding hydrogens is 300 g/mol. The maximum absolute atomic E-state index is 12.1. The fraction of sp³-hybridized carbons (Fsp3) is 0.353. The highest BCUT2D eigenvalue weighted by Gasteiger charge is 2.21. The Morgan fingerprint density at radius 1 is 1.23 bits per heavy atom. The fourth-order valence-corrected chi connectivity index (χ4v) is 2.79. The van der Waals surface area contributed by atoms with Crippen molar-refractivity contribution in [3.8, 4) is 0 Å². The van der Waals surface area contributed by atoms with Crippen molar-refractivity contribution in [3.05, 3.63) is 59.0 Å². The Bertz CT molecular complexity index is 594. The van der Waals surface area contributed by atoms with Gasteiger partial charge >= 0.3 is 0 Å². The average molecular weight is 321 g/mol. The number of halogens is 1. The minimum absolute atomic E-state index is 0.0302. The van der Waals surface area contributed by atoms with Crippen LogP contribution in [0, 0.1) is 0 Å². The fourth-order valence-electron chi connectivity index (χ4n) is 2.53. The molecule has 5 heteroatoms. The number of nitrogens with zero attached hydrogens (tertiary/aromatic N) is 1. The number of benzene rings is 1. The number of hydrogen-bond donors (Lipinski definition) is 1. The summed E-state index contributed by atoms with van der Waals surface area (Å²) in [4.78, 5) is 14.3. The molecule has 1 heterocycles. The van der Waals surface area contributed by atoms with Crippen molar-refractivity contribution in [1.29, 1.82) is 0 Å². The summed E-state index contributed by atoms with van der Waals surface area (Å²) in [6.45, 7) is 6.43. The highest BCUT2D eigenvalue weighted by atomic mass is 35.5. The summed E-state index contributed by atoms with van der Waals surface area (Å²) in [5.41, 5.74) is 1.02. The van der Waals surface area contributed by atoms with E-state index in [1.807, 2.05) is 24.3 Å². The molecule has 22 heavy (non-hydrogen) atoms. The third-order valence-corrected chi connectivity index (χ3v) is 4.06. The van der Waals surface area contributed by atoms with E-state index in [1.165, 1.54) is 6.26 Å². The largest absolute Gasteiger partial charge is 0.459 e. The minimum atomic E-state index is -0.214. The lowest BCUT2D eigenvalue weighted by atomic mass is 10.0. The van der Waals surface area contributed by atoms with Gasteiger partial charge in [-0.1, -0.05) is 43.6 Å². The average Bonchev–Trinajstić information content (AvgIpc) is 3.06. The molecule has 0 fully saturated rings. The topological polar surface area (TPSA) is 45.5 Å². The predicted molar refractivity (Wildman–Crippen MR) is 88.2 cm³/mol. The Balaban J connectivity index is 2.15. The number of hydrogen-bond acceptors (Lipinski definition) is 3. The van der Waals surface area contributed by atoms with E-state index < -0.39 is 0 Å². The summed E-state index contributed by atoms with van der Waals surface area (Å²) < 4.78 is 5.12. The lowest BCUT2D eigenvalue weighted by Gasteiger charge is -2.30. The molecule has 1 aromatic heterocycles. The van der Waals surface area contributed by atoms with E-state index in [9.17, 15) is 4.79 Å². The standard InChI is InChI=1S/C17H21ClN2O2/c1-3-20(4-2)15(13-8-5-6-9-14(13)18)12-19-17(21)16-10-7-11-22-16/h5-11,15H,3-4,12H2,1-2H3,(H,19,21)/t15-/m1/s1. The molecule has 0 saturated heterocycles. The number of carbonyl (C=O) groups excluding carboxylic acids is 1. The van der Waals surface area contributed by atoms with E-state index in [1.54, 1.807) is 12.1 Å². The first-order chi connectivity index (χ1) is 10.7. The van der Waals surface area contributed by atoms with Gasteiger partial charge in [0.05, 0.1) is 12.3 Å². The Hall–Kier alpha value is -1.78. The molecule has 0 aliphatic carbocycles. The van der Waals surface area contributed by atoms with Crippen molar-refractivity contribution < 1.29 is 9.21 Å². The van der Waals surface area contributed by atoms with Gasteiger partial charge in [-0.25, -0.2) is 0 Å². The van der Waals surface area contributed by atoms with Crippen molar-refractivity contribution in [2.24, 2.45) is 0 Å². The number of amides is 1. The summed E-state index contributed by atoms with van der Waals surface area (Å²) in [6, 6.07) is 11.1. The van der Waals surface area contributed by atoms with Crippen molar-refractivity contribution in [1.82, 2.24) is 10.2 Å². The molecular formula is C17H21ClN2O2. The molecule has 0 aliphatic rings. The molecule has 1 amide bonds. The molecule has 0 aliphatic heterocycles. The van der Waals surface area contributed by atoms with E-state index in [-0.39, 0.29) is 11.9 Å². The van der Waals surface area contributed by atoms with Crippen LogP contribution in [0.3, 0.4) is 0 Å². The van der Waals surface area contributed by atoms with Gasteiger partial charge in [0.25, 0.3) is 5.91 Å². The van der Waals surface area contributed by atoms with Crippen LogP contribution < -0.4 is 5.32 Å². The summed E-state index contributed by atoms with van der Waals surface area (Å²) in [6.07, 6.45) is 1.49. The Morgan fingerprint density at radius 2 is 1.95 bits per heavy atom. The van der Waals surface area contributed by atoms with Crippen LogP contribution in [0.1, 0.15) is 36.0 Å². The van der Waals surface area contributed by atoms with Gasteiger partial charge in [0, 0.05) is 11.6 Å². The van der Waals surface area contributed by atoms with E-state index in [0.717, 1.165) is 18.7 Å². The third kappa shape index (κ3) is 3.90. The molecule has 0 radical (unpaired) electrons. The second-order valence-corrected chi connectivity index (χ2v) is 5.35.